The zero-order chi connectivity index (χ0) is 36.4. The summed E-state index contributed by atoms with van der Waals surface area (Å²) in [5, 5.41) is 16.1. The predicted molar refractivity (Wildman–Crippen MR) is 185 cm³/mol. The number of hydrogen-bond donors (Lipinski definition) is 4. The highest BCUT2D eigenvalue weighted by Gasteiger charge is 2.42. The van der Waals surface area contributed by atoms with Crippen molar-refractivity contribution in [3.8, 4) is 34.5 Å². The molecule has 1 fully saturated rings. The summed E-state index contributed by atoms with van der Waals surface area (Å²) in [5.74, 6) is -0.175. The number of aromatic hydroxyl groups is 1. The van der Waals surface area contributed by atoms with E-state index in [9.17, 15) is 27.9 Å². The van der Waals surface area contributed by atoms with E-state index in [-0.39, 0.29) is 59.7 Å². The molecule has 0 saturated carbocycles. The van der Waals surface area contributed by atoms with Gasteiger partial charge in [-0.2, -0.15) is 0 Å². The van der Waals surface area contributed by atoms with Gasteiger partial charge in [-0.25, -0.2) is 18.1 Å². The molecule has 6 bridgehead atoms. The maximum atomic E-state index is 13.8. The first-order valence-electron chi connectivity index (χ1n) is 16.1. The SMILES string of the molecule is COc1cc2ccc1Oc1cc(ccc1O)CCC(=O)N[C@H](C)C(=O)N1C[C@@H](NS(=O)(=O)c3ccccc3Cl)C[C@H]1C(=O)NCc1nc-2oc1C. The summed E-state index contributed by atoms with van der Waals surface area (Å²) < 4.78 is 46.6. The number of phenolic OH excluding ortho intramolecular Hbond substituents is 1. The van der Waals surface area contributed by atoms with Crippen molar-refractivity contribution in [2.24, 2.45) is 0 Å². The standard InChI is InChI=1S/C35H36ClN5O9S/c1-19-35(45)41-18-23(40-51(46,47)31-7-5-4-6-24(31)36)16-26(41)33(44)37-17-25-20(2)49-34(39-25)22-10-12-28(30(15-22)48-3)50-29-14-21(8-11-27(29)42)9-13-32(43)38-19/h4-8,10-12,14-15,19,23,26,40,42H,9,13,16-18H2,1-3H3,(H,37,44)(H,38,43)/t19-,23+,26+/m1/s1. The maximum absolute atomic E-state index is 13.8. The Morgan fingerprint density at radius 2 is 1.84 bits per heavy atom. The topological polar surface area (TPSA) is 189 Å². The Bertz CT molecular complexity index is 2100. The predicted octanol–water partition coefficient (Wildman–Crippen LogP) is 3.83. The van der Waals surface area contributed by atoms with Gasteiger partial charge in [-0.15, -0.1) is 0 Å². The fraction of sp³-hybridized carbons (Fsp3) is 0.314. The average molecular weight is 738 g/mol. The Morgan fingerprint density at radius 1 is 1.06 bits per heavy atom. The molecule has 4 heterocycles. The lowest BCUT2D eigenvalue weighted by Gasteiger charge is -2.27. The van der Waals surface area contributed by atoms with Crippen LogP contribution < -0.4 is 24.8 Å². The number of carbonyl (C=O) groups excluding carboxylic acids is 3. The first-order valence-corrected chi connectivity index (χ1v) is 18.0. The number of fused-ring (bicyclic) bond motifs is 9. The highest BCUT2D eigenvalue weighted by atomic mass is 35.5. The van der Waals surface area contributed by atoms with Gasteiger partial charge in [-0.1, -0.05) is 29.8 Å². The summed E-state index contributed by atoms with van der Waals surface area (Å²) >= 11 is 6.17. The molecule has 268 valence electrons. The van der Waals surface area contributed by atoms with Crippen molar-refractivity contribution in [3.05, 3.63) is 82.7 Å². The quantitative estimate of drug-likeness (QED) is 0.240. The molecule has 0 spiro atoms. The molecule has 3 aromatic carbocycles. The number of benzene rings is 3. The van der Waals surface area contributed by atoms with Crippen molar-refractivity contribution in [1.29, 1.82) is 0 Å². The second-order valence-electron chi connectivity index (χ2n) is 12.3. The fourth-order valence-electron chi connectivity index (χ4n) is 6.04. The van der Waals surface area contributed by atoms with E-state index in [1.807, 2.05) is 0 Å². The van der Waals surface area contributed by atoms with Crippen LogP contribution >= 0.6 is 11.6 Å². The van der Waals surface area contributed by atoms with Crippen LogP contribution in [0.1, 0.15) is 36.8 Å². The van der Waals surface area contributed by atoms with Crippen molar-refractivity contribution in [2.75, 3.05) is 13.7 Å². The van der Waals surface area contributed by atoms with Gasteiger partial charge < -0.3 is 34.5 Å². The zero-order valence-electron chi connectivity index (χ0n) is 27.9. The number of phenols is 1. The lowest BCUT2D eigenvalue weighted by Crippen LogP contribution is -2.52. The number of rotatable bonds is 4. The van der Waals surface area contributed by atoms with Gasteiger partial charge in [0.25, 0.3) is 0 Å². The molecule has 4 N–H and O–H groups in total. The minimum Gasteiger partial charge on any atom is -0.504 e. The molecule has 16 heteroatoms. The largest absolute Gasteiger partial charge is 0.504 e. The van der Waals surface area contributed by atoms with Crippen molar-refractivity contribution >= 4 is 39.3 Å². The molecule has 3 aliphatic rings. The number of ether oxygens (including phenoxy) is 2. The smallest absolute Gasteiger partial charge is 0.245 e. The summed E-state index contributed by atoms with van der Waals surface area (Å²) in [7, 11) is -2.65. The van der Waals surface area contributed by atoms with Gasteiger partial charge in [0.1, 0.15) is 28.4 Å². The number of carbonyl (C=O) groups is 3. The van der Waals surface area contributed by atoms with E-state index in [4.69, 9.17) is 25.5 Å². The minimum atomic E-state index is -4.11. The number of halogens is 1. The third-order valence-electron chi connectivity index (χ3n) is 8.70. The molecular formula is C35H36ClN5O9S. The van der Waals surface area contributed by atoms with Crippen molar-refractivity contribution in [1.82, 2.24) is 25.2 Å². The second-order valence-corrected chi connectivity index (χ2v) is 14.4. The Kier molecular flexibility index (Phi) is 10.2. The van der Waals surface area contributed by atoms with Crippen LogP contribution in [0, 0.1) is 6.92 Å². The van der Waals surface area contributed by atoms with E-state index >= 15 is 0 Å². The Hall–Kier alpha value is -5.12. The molecule has 1 aromatic heterocycles. The number of amides is 3. The monoisotopic (exact) mass is 737 g/mol. The first-order chi connectivity index (χ1) is 24.3. The molecule has 7 rings (SSSR count). The maximum Gasteiger partial charge on any atom is 0.245 e. The highest BCUT2D eigenvalue weighted by molar-refractivity contribution is 7.89. The second kappa shape index (κ2) is 14.6. The van der Waals surface area contributed by atoms with E-state index in [1.165, 1.54) is 43.2 Å². The van der Waals surface area contributed by atoms with E-state index in [0.717, 1.165) is 0 Å². The third-order valence-corrected chi connectivity index (χ3v) is 10.7. The van der Waals surface area contributed by atoms with Gasteiger partial charge in [0.05, 0.1) is 18.7 Å². The summed E-state index contributed by atoms with van der Waals surface area (Å²) in [4.78, 5) is 46.2. The summed E-state index contributed by atoms with van der Waals surface area (Å²) in [5.41, 5.74) is 1.66. The van der Waals surface area contributed by atoms with Gasteiger partial charge >= 0.3 is 0 Å². The van der Waals surface area contributed by atoms with Crippen LogP contribution in [-0.2, 0) is 37.4 Å². The lowest BCUT2D eigenvalue weighted by molar-refractivity contribution is -0.141. The molecule has 4 aromatic rings. The van der Waals surface area contributed by atoms with Crippen molar-refractivity contribution in [3.63, 3.8) is 0 Å². The first kappa shape index (κ1) is 35.7. The summed E-state index contributed by atoms with van der Waals surface area (Å²) in [6, 6.07) is 12.7. The van der Waals surface area contributed by atoms with E-state index in [1.54, 1.807) is 43.3 Å². The number of oxazole rings is 1. The molecule has 3 amide bonds. The van der Waals surface area contributed by atoms with Gasteiger partial charge in [0.2, 0.25) is 33.6 Å². The number of nitrogens with zero attached hydrogens (tertiary/aromatic N) is 2. The van der Waals surface area contributed by atoms with E-state index in [0.29, 0.717) is 34.1 Å². The molecule has 0 unspecified atom stereocenters. The Morgan fingerprint density at radius 3 is 2.61 bits per heavy atom. The molecule has 3 atom stereocenters. The molecule has 0 radical (unpaired) electrons. The Balaban J connectivity index is 1.31. The average Bonchev–Trinajstić information content (AvgIpc) is 3.69. The van der Waals surface area contributed by atoms with E-state index < -0.39 is 45.9 Å². The summed E-state index contributed by atoms with van der Waals surface area (Å²) in [6.07, 6.45) is 0.217. The molecule has 3 aliphatic heterocycles. The number of methoxy groups -OCH3 is 1. The van der Waals surface area contributed by atoms with Crippen LogP contribution in [0.2, 0.25) is 5.02 Å². The van der Waals surface area contributed by atoms with Crippen LogP contribution in [0.5, 0.6) is 23.0 Å². The molecular weight excluding hydrogens is 702 g/mol. The van der Waals surface area contributed by atoms with Crippen LogP contribution in [-0.4, -0.2) is 72.9 Å². The minimum absolute atomic E-state index is 0.000597. The normalized spacial score (nSPS) is 20.0. The zero-order valence-corrected chi connectivity index (χ0v) is 29.5. The number of aromatic nitrogens is 1. The van der Waals surface area contributed by atoms with Crippen LogP contribution in [0.4, 0.5) is 0 Å². The van der Waals surface area contributed by atoms with Gasteiger partial charge in [-0.05, 0) is 74.7 Å². The van der Waals surface area contributed by atoms with Crippen LogP contribution in [0.25, 0.3) is 11.5 Å². The molecule has 14 nitrogen and oxygen atoms in total. The van der Waals surface area contributed by atoms with Crippen molar-refractivity contribution in [2.45, 2.75) is 62.7 Å². The third kappa shape index (κ3) is 7.80. The van der Waals surface area contributed by atoms with Crippen LogP contribution in [0.15, 0.2) is 70.0 Å². The van der Waals surface area contributed by atoms with Crippen molar-refractivity contribution < 1.29 is 41.8 Å². The molecule has 1 saturated heterocycles. The van der Waals surface area contributed by atoms with Gasteiger partial charge in [0, 0.05) is 24.6 Å². The van der Waals surface area contributed by atoms with Gasteiger partial charge in [0.15, 0.2) is 23.0 Å². The lowest BCUT2D eigenvalue weighted by atomic mass is 10.1. The number of nitrogens with one attached hydrogen (secondary N) is 3. The van der Waals surface area contributed by atoms with Gasteiger partial charge in [-0.3, -0.25) is 14.4 Å². The Labute approximate surface area is 299 Å². The highest BCUT2D eigenvalue weighted by Crippen LogP contribution is 2.39. The van der Waals surface area contributed by atoms with Crippen LogP contribution in [0.3, 0.4) is 0 Å². The number of hydrogen-bond acceptors (Lipinski definition) is 10. The fourth-order valence-corrected chi connectivity index (χ4v) is 7.80. The molecule has 51 heavy (non-hydrogen) atoms. The van der Waals surface area contributed by atoms with E-state index in [2.05, 4.69) is 20.3 Å². The number of aryl methyl sites for hydroxylation is 2. The summed E-state index contributed by atoms with van der Waals surface area (Å²) in [6.45, 7) is 3.00. The number of sulfonamides is 1. The molecule has 0 aliphatic carbocycles.